The van der Waals surface area contributed by atoms with E-state index in [1.807, 2.05) is 60.7 Å². The lowest BCUT2D eigenvalue weighted by Gasteiger charge is -2.15. The Morgan fingerprint density at radius 1 is 0.818 bits per heavy atom. The second-order valence-corrected chi connectivity index (χ2v) is 9.46. The minimum Gasteiger partial charge on any atom is -0.456 e. The van der Waals surface area contributed by atoms with Crippen LogP contribution in [0.4, 0.5) is 0 Å². The van der Waals surface area contributed by atoms with Crippen LogP contribution in [0.25, 0.3) is 20.2 Å². The molecule has 33 heavy (non-hydrogen) atoms. The first-order valence-corrected chi connectivity index (χ1v) is 11.7. The van der Waals surface area contributed by atoms with Crippen molar-refractivity contribution < 1.29 is 4.74 Å². The fraction of sp³-hybridized carbons (Fsp3) is 0.0370. The van der Waals surface area contributed by atoms with Crippen molar-refractivity contribution in [3.63, 3.8) is 0 Å². The smallest absolute Gasteiger partial charge is 0.199 e. The predicted octanol–water partition coefficient (Wildman–Crippen LogP) is 8.17. The molecule has 1 heterocycles. The van der Waals surface area contributed by atoms with Crippen LogP contribution in [0.3, 0.4) is 0 Å². The lowest BCUT2D eigenvalue weighted by molar-refractivity contribution is 0.487. The summed E-state index contributed by atoms with van der Waals surface area (Å²) >= 11 is 13.8. The van der Waals surface area contributed by atoms with Crippen molar-refractivity contribution >= 4 is 54.7 Å². The van der Waals surface area contributed by atoms with E-state index in [9.17, 15) is 10.1 Å². The number of benzene rings is 4. The number of hydrogen-bond donors (Lipinski definition) is 0. The van der Waals surface area contributed by atoms with Gasteiger partial charge in [-0.15, -0.1) is 11.3 Å². The van der Waals surface area contributed by atoms with Crippen LogP contribution < -0.4 is 10.2 Å². The van der Waals surface area contributed by atoms with Crippen molar-refractivity contribution in [1.29, 1.82) is 5.26 Å². The molecule has 6 heteroatoms. The Morgan fingerprint density at radius 2 is 1.52 bits per heavy atom. The maximum Gasteiger partial charge on any atom is 0.199 e. The van der Waals surface area contributed by atoms with E-state index in [0.29, 0.717) is 32.3 Å². The topological polar surface area (TPSA) is 50.1 Å². The van der Waals surface area contributed by atoms with Gasteiger partial charge in [0.05, 0.1) is 17.4 Å². The fourth-order valence-electron chi connectivity index (χ4n) is 3.86. The van der Waals surface area contributed by atoms with E-state index >= 15 is 0 Å². The quantitative estimate of drug-likeness (QED) is 0.240. The largest absolute Gasteiger partial charge is 0.456 e. The maximum absolute atomic E-state index is 13.5. The van der Waals surface area contributed by atoms with Gasteiger partial charge >= 0.3 is 0 Å². The standard InChI is InChI=1S/C27H15Cl2NO2S/c28-18-12-19(29)14-20(13-18)32-23-10-17(22(15-30)16-6-2-1-3-7-16)11-25-26(23)27(31)21-8-4-5-9-24(21)33-25/h1-14,22H. The van der Waals surface area contributed by atoms with E-state index in [4.69, 9.17) is 27.9 Å². The lowest BCUT2D eigenvalue weighted by Crippen LogP contribution is -2.05. The third-order valence-electron chi connectivity index (χ3n) is 5.33. The van der Waals surface area contributed by atoms with Gasteiger partial charge in [-0.05, 0) is 53.6 Å². The molecule has 0 aliphatic rings. The van der Waals surface area contributed by atoms with E-state index < -0.39 is 5.92 Å². The molecule has 0 amide bonds. The molecule has 5 aromatic rings. The van der Waals surface area contributed by atoms with Crippen molar-refractivity contribution in [1.82, 2.24) is 0 Å². The van der Waals surface area contributed by atoms with E-state index in [-0.39, 0.29) is 5.43 Å². The Hall–Kier alpha value is -3.36. The average molecular weight is 488 g/mol. The second-order valence-electron chi connectivity index (χ2n) is 7.50. The minimum atomic E-state index is -0.519. The number of ether oxygens (including phenoxy) is 1. The first-order valence-electron chi connectivity index (χ1n) is 10.1. The number of hydrogen-bond acceptors (Lipinski definition) is 4. The molecule has 0 aliphatic heterocycles. The summed E-state index contributed by atoms with van der Waals surface area (Å²) in [5, 5.41) is 11.9. The van der Waals surface area contributed by atoms with Crippen molar-refractivity contribution in [2.75, 3.05) is 0 Å². The molecule has 0 fully saturated rings. The molecule has 0 saturated carbocycles. The Kier molecular flexibility index (Phi) is 5.78. The van der Waals surface area contributed by atoms with Crippen LogP contribution in [0.15, 0.2) is 89.7 Å². The third kappa shape index (κ3) is 4.19. The molecule has 0 bridgehead atoms. The summed E-state index contributed by atoms with van der Waals surface area (Å²) in [7, 11) is 0. The van der Waals surface area contributed by atoms with Crippen LogP contribution >= 0.6 is 34.5 Å². The molecule has 0 radical (unpaired) electrons. The zero-order valence-corrected chi connectivity index (χ0v) is 19.4. The van der Waals surface area contributed by atoms with E-state index in [1.165, 1.54) is 11.3 Å². The highest BCUT2D eigenvalue weighted by Gasteiger charge is 2.20. The van der Waals surface area contributed by atoms with Crippen LogP contribution in [0.5, 0.6) is 11.5 Å². The Labute approximate surface area is 204 Å². The highest BCUT2D eigenvalue weighted by Crippen LogP contribution is 2.38. The van der Waals surface area contributed by atoms with Gasteiger partial charge in [0.2, 0.25) is 0 Å². The molecule has 0 spiro atoms. The van der Waals surface area contributed by atoms with E-state index in [1.54, 1.807) is 24.3 Å². The first kappa shape index (κ1) is 21.5. The third-order valence-corrected chi connectivity index (χ3v) is 6.88. The molecule has 1 aromatic heterocycles. The normalized spacial score (nSPS) is 11.9. The molecule has 3 nitrogen and oxygen atoms in total. The van der Waals surface area contributed by atoms with Gasteiger partial charge in [0.1, 0.15) is 11.5 Å². The molecular formula is C27H15Cl2NO2S. The van der Waals surface area contributed by atoms with Gasteiger partial charge in [0.25, 0.3) is 0 Å². The molecule has 160 valence electrons. The summed E-state index contributed by atoms with van der Waals surface area (Å²) in [5.41, 5.74) is 1.48. The SMILES string of the molecule is N#CC(c1ccccc1)c1cc(Oc2cc(Cl)cc(Cl)c2)c2c(=O)c3ccccc3sc2c1. The molecule has 1 unspecified atom stereocenters. The number of nitrogens with zero attached hydrogens (tertiary/aromatic N) is 1. The van der Waals surface area contributed by atoms with Crippen molar-refractivity contribution in [2.24, 2.45) is 0 Å². The molecule has 0 saturated heterocycles. The van der Waals surface area contributed by atoms with Crippen LogP contribution in [-0.2, 0) is 0 Å². The van der Waals surface area contributed by atoms with Gasteiger partial charge in [-0.3, -0.25) is 4.79 Å². The Morgan fingerprint density at radius 3 is 2.24 bits per heavy atom. The Bertz CT molecular complexity index is 1590. The van der Waals surface area contributed by atoms with Gasteiger partial charge in [0.15, 0.2) is 5.43 Å². The van der Waals surface area contributed by atoms with Crippen molar-refractivity contribution in [3.05, 3.63) is 116 Å². The zero-order chi connectivity index (χ0) is 22.9. The van der Waals surface area contributed by atoms with E-state index in [2.05, 4.69) is 6.07 Å². The predicted molar refractivity (Wildman–Crippen MR) is 136 cm³/mol. The summed E-state index contributed by atoms with van der Waals surface area (Å²) < 4.78 is 7.80. The van der Waals surface area contributed by atoms with Crippen LogP contribution in [0, 0.1) is 11.3 Å². The summed E-state index contributed by atoms with van der Waals surface area (Å²) in [4.78, 5) is 13.5. The highest BCUT2D eigenvalue weighted by molar-refractivity contribution is 7.24. The van der Waals surface area contributed by atoms with Gasteiger partial charge in [-0.1, -0.05) is 65.7 Å². The van der Waals surface area contributed by atoms with Crippen molar-refractivity contribution in [2.45, 2.75) is 5.92 Å². The molecule has 0 aliphatic carbocycles. The van der Waals surface area contributed by atoms with Gasteiger partial charge in [-0.25, -0.2) is 0 Å². The minimum absolute atomic E-state index is 0.123. The lowest BCUT2D eigenvalue weighted by atomic mass is 9.92. The summed E-state index contributed by atoms with van der Waals surface area (Å²) in [5.74, 6) is 0.260. The van der Waals surface area contributed by atoms with Gasteiger partial charge < -0.3 is 4.74 Å². The summed E-state index contributed by atoms with van der Waals surface area (Å²) in [6, 6.07) is 28.0. The maximum atomic E-state index is 13.5. The van der Waals surface area contributed by atoms with Crippen LogP contribution in [0.2, 0.25) is 10.0 Å². The van der Waals surface area contributed by atoms with Gasteiger partial charge in [0, 0.05) is 24.8 Å². The number of rotatable bonds is 4. The molecule has 5 rings (SSSR count). The summed E-state index contributed by atoms with van der Waals surface area (Å²) in [6.45, 7) is 0. The average Bonchev–Trinajstić information content (AvgIpc) is 2.79. The zero-order valence-electron chi connectivity index (χ0n) is 17.1. The monoisotopic (exact) mass is 487 g/mol. The highest BCUT2D eigenvalue weighted by atomic mass is 35.5. The van der Waals surface area contributed by atoms with Crippen molar-refractivity contribution in [3.8, 4) is 17.6 Å². The van der Waals surface area contributed by atoms with Crippen LogP contribution in [0.1, 0.15) is 17.0 Å². The Balaban J connectivity index is 1.79. The van der Waals surface area contributed by atoms with Gasteiger partial charge in [-0.2, -0.15) is 5.26 Å². The first-order chi connectivity index (χ1) is 16.0. The molecular weight excluding hydrogens is 473 g/mol. The molecule has 4 aromatic carbocycles. The van der Waals surface area contributed by atoms with E-state index in [0.717, 1.165) is 20.5 Å². The summed E-state index contributed by atoms with van der Waals surface area (Å²) in [6.07, 6.45) is 0. The second kappa shape index (κ2) is 8.88. The fourth-order valence-corrected chi connectivity index (χ4v) is 5.51. The molecule has 0 N–H and O–H groups in total. The number of halogens is 2. The number of nitriles is 1. The number of fused-ring (bicyclic) bond motifs is 2. The van der Waals surface area contributed by atoms with Crippen LogP contribution in [-0.4, -0.2) is 0 Å². The molecule has 1 atom stereocenters.